The lowest BCUT2D eigenvalue weighted by molar-refractivity contribution is -0.119. The highest BCUT2D eigenvalue weighted by atomic mass is 19.1. The van der Waals surface area contributed by atoms with E-state index in [-0.39, 0.29) is 18.9 Å². The summed E-state index contributed by atoms with van der Waals surface area (Å²) in [6, 6.07) is 3.25. The van der Waals surface area contributed by atoms with Crippen LogP contribution in [0.1, 0.15) is 0 Å². The number of hydrogen-bond donors (Lipinski definition) is 0. The smallest absolute Gasteiger partial charge is 0.171 e. The molecule has 1 aromatic carbocycles. The number of nitrogens with zero attached hydrogens (tertiary/aromatic N) is 1. The second kappa shape index (κ2) is 2.80. The van der Waals surface area contributed by atoms with Crippen LogP contribution in [0.4, 0.5) is 14.5 Å². The van der Waals surface area contributed by atoms with E-state index in [1.807, 2.05) is 0 Å². The highest BCUT2D eigenvalue weighted by Crippen LogP contribution is 2.21. The van der Waals surface area contributed by atoms with E-state index >= 15 is 0 Å². The van der Waals surface area contributed by atoms with Gasteiger partial charge in [-0.25, -0.2) is 8.78 Å². The molecule has 1 aliphatic rings. The number of anilines is 1. The Kier molecular flexibility index (Phi) is 1.76. The third-order valence-electron chi connectivity index (χ3n) is 1.95. The van der Waals surface area contributed by atoms with Gasteiger partial charge in [0.1, 0.15) is 11.6 Å². The number of carbonyl (C=O) groups excluding carboxylic acids is 1. The lowest BCUT2D eigenvalue weighted by atomic mass is 10.1. The number of rotatable bonds is 1. The number of carbonyl (C=O) groups is 1. The molecule has 0 N–H and O–H groups in total. The fourth-order valence-corrected chi connectivity index (χ4v) is 1.28. The van der Waals surface area contributed by atoms with Crippen LogP contribution in [0.2, 0.25) is 0 Å². The van der Waals surface area contributed by atoms with Crippen molar-refractivity contribution in [3.05, 3.63) is 29.8 Å². The Bertz CT molecular complexity index is 336. The zero-order chi connectivity index (χ0) is 9.42. The zero-order valence-corrected chi connectivity index (χ0v) is 6.76. The van der Waals surface area contributed by atoms with Gasteiger partial charge in [0.25, 0.3) is 0 Å². The molecule has 4 heteroatoms. The van der Waals surface area contributed by atoms with Gasteiger partial charge >= 0.3 is 0 Å². The van der Waals surface area contributed by atoms with Crippen molar-refractivity contribution in [2.75, 3.05) is 18.0 Å². The standard InChI is InChI=1S/C9H7F2NO/c10-6-1-7(11)3-8(2-6)12-4-9(13)5-12/h1-3H,4-5H2. The summed E-state index contributed by atoms with van der Waals surface area (Å²) in [6.07, 6.45) is 0. The molecule has 1 saturated heterocycles. The summed E-state index contributed by atoms with van der Waals surface area (Å²) in [7, 11) is 0. The lowest BCUT2D eigenvalue weighted by Gasteiger charge is -2.31. The molecular weight excluding hydrogens is 176 g/mol. The monoisotopic (exact) mass is 183 g/mol. The van der Waals surface area contributed by atoms with Crippen LogP contribution in [0.25, 0.3) is 0 Å². The average molecular weight is 183 g/mol. The van der Waals surface area contributed by atoms with Crippen LogP contribution in [0.3, 0.4) is 0 Å². The second-order valence-electron chi connectivity index (χ2n) is 3.02. The highest BCUT2D eigenvalue weighted by molar-refractivity contribution is 5.95. The third kappa shape index (κ3) is 1.52. The van der Waals surface area contributed by atoms with Crippen LogP contribution < -0.4 is 4.90 Å². The van der Waals surface area contributed by atoms with Crippen molar-refractivity contribution in [2.24, 2.45) is 0 Å². The van der Waals surface area contributed by atoms with Crippen molar-refractivity contribution in [2.45, 2.75) is 0 Å². The van der Waals surface area contributed by atoms with Gasteiger partial charge in [0.2, 0.25) is 0 Å². The SMILES string of the molecule is O=C1CN(c2cc(F)cc(F)c2)C1. The maximum Gasteiger partial charge on any atom is 0.171 e. The minimum absolute atomic E-state index is 0.0877. The lowest BCUT2D eigenvalue weighted by Crippen LogP contribution is -2.47. The Morgan fingerprint density at radius 1 is 1.08 bits per heavy atom. The molecule has 0 atom stereocenters. The van der Waals surface area contributed by atoms with Gasteiger partial charge in [0.05, 0.1) is 13.1 Å². The van der Waals surface area contributed by atoms with Gasteiger partial charge in [-0.05, 0) is 12.1 Å². The van der Waals surface area contributed by atoms with Gasteiger partial charge < -0.3 is 4.90 Å². The molecule has 2 nitrogen and oxygen atoms in total. The Hall–Kier alpha value is -1.45. The molecule has 0 spiro atoms. The van der Waals surface area contributed by atoms with Gasteiger partial charge in [-0.1, -0.05) is 0 Å². The van der Waals surface area contributed by atoms with E-state index in [4.69, 9.17) is 0 Å². The largest absolute Gasteiger partial charge is 0.357 e. The number of halogens is 2. The third-order valence-corrected chi connectivity index (χ3v) is 1.95. The van der Waals surface area contributed by atoms with E-state index < -0.39 is 11.6 Å². The van der Waals surface area contributed by atoms with Crippen LogP contribution in [0, 0.1) is 11.6 Å². The first-order valence-electron chi connectivity index (χ1n) is 3.88. The first kappa shape index (κ1) is 8.16. The molecule has 68 valence electrons. The molecule has 1 heterocycles. The van der Waals surface area contributed by atoms with Crippen molar-refractivity contribution >= 4 is 11.5 Å². The van der Waals surface area contributed by atoms with Gasteiger partial charge in [-0.3, -0.25) is 4.79 Å². The fourth-order valence-electron chi connectivity index (χ4n) is 1.28. The molecule has 2 rings (SSSR count). The first-order chi connectivity index (χ1) is 6.15. The van der Waals surface area contributed by atoms with E-state index in [1.165, 1.54) is 12.1 Å². The number of ketones is 1. The predicted octanol–water partition coefficient (Wildman–Crippen LogP) is 1.35. The van der Waals surface area contributed by atoms with Crippen molar-refractivity contribution in [3.8, 4) is 0 Å². The molecule has 0 saturated carbocycles. The first-order valence-corrected chi connectivity index (χ1v) is 3.88. The Balaban J connectivity index is 2.25. The van der Waals surface area contributed by atoms with Crippen molar-refractivity contribution in [1.82, 2.24) is 0 Å². The van der Waals surface area contributed by atoms with E-state index in [9.17, 15) is 13.6 Å². The topological polar surface area (TPSA) is 20.3 Å². The molecule has 0 aliphatic carbocycles. The molecule has 0 unspecified atom stereocenters. The number of hydrogen-bond acceptors (Lipinski definition) is 2. The summed E-state index contributed by atoms with van der Waals surface area (Å²) in [4.78, 5) is 12.2. The van der Waals surface area contributed by atoms with Crippen LogP contribution >= 0.6 is 0 Å². The maximum atomic E-state index is 12.7. The van der Waals surface area contributed by atoms with Crippen molar-refractivity contribution in [3.63, 3.8) is 0 Å². The van der Waals surface area contributed by atoms with Gasteiger partial charge in [-0.15, -0.1) is 0 Å². The second-order valence-corrected chi connectivity index (χ2v) is 3.02. The molecule has 1 aliphatic heterocycles. The minimum Gasteiger partial charge on any atom is -0.357 e. The summed E-state index contributed by atoms with van der Waals surface area (Å²) in [5.74, 6) is -1.15. The molecule has 13 heavy (non-hydrogen) atoms. The Morgan fingerprint density at radius 3 is 2.08 bits per heavy atom. The molecule has 0 amide bonds. The van der Waals surface area contributed by atoms with E-state index in [1.54, 1.807) is 4.90 Å². The minimum atomic E-state index is -0.616. The molecule has 0 bridgehead atoms. The fraction of sp³-hybridized carbons (Fsp3) is 0.222. The average Bonchev–Trinajstić information content (AvgIpc) is 1.96. The summed E-state index contributed by atoms with van der Waals surface area (Å²) in [5.41, 5.74) is 0.428. The summed E-state index contributed by atoms with van der Waals surface area (Å²) < 4.78 is 25.4. The normalized spacial score (nSPS) is 15.8. The van der Waals surface area contributed by atoms with Gasteiger partial charge in [0.15, 0.2) is 5.78 Å². The van der Waals surface area contributed by atoms with Crippen molar-refractivity contribution in [1.29, 1.82) is 0 Å². The molecular formula is C9H7F2NO. The van der Waals surface area contributed by atoms with Crippen LogP contribution in [0.15, 0.2) is 18.2 Å². The maximum absolute atomic E-state index is 12.7. The summed E-state index contributed by atoms with van der Waals surface area (Å²) in [6.45, 7) is 0.506. The number of benzene rings is 1. The van der Waals surface area contributed by atoms with E-state index in [0.29, 0.717) is 5.69 Å². The molecule has 0 radical (unpaired) electrons. The van der Waals surface area contributed by atoms with Gasteiger partial charge in [0, 0.05) is 11.8 Å². The highest BCUT2D eigenvalue weighted by Gasteiger charge is 2.24. The molecule has 1 fully saturated rings. The van der Waals surface area contributed by atoms with Crippen molar-refractivity contribution < 1.29 is 13.6 Å². The van der Waals surface area contributed by atoms with Crippen LogP contribution in [-0.4, -0.2) is 18.9 Å². The summed E-state index contributed by atoms with van der Waals surface area (Å²) in [5, 5.41) is 0. The van der Waals surface area contributed by atoms with Crippen LogP contribution in [0.5, 0.6) is 0 Å². The zero-order valence-electron chi connectivity index (χ0n) is 6.76. The van der Waals surface area contributed by atoms with Gasteiger partial charge in [-0.2, -0.15) is 0 Å². The number of Topliss-reactive ketones (excluding diaryl/α,β-unsaturated/α-hetero) is 1. The Morgan fingerprint density at radius 2 is 1.62 bits per heavy atom. The van der Waals surface area contributed by atoms with Crippen LogP contribution in [-0.2, 0) is 4.79 Å². The molecule has 0 aromatic heterocycles. The quantitative estimate of drug-likeness (QED) is 0.655. The van der Waals surface area contributed by atoms with E-state index in [0.717, 1.165) is 6.07 Å². The summed E-state index contributed by atoms with van der Waals surface area (Å²) >= 11 is 0. The van der Waals surface area contributed by atoms with E-state index in [2.05, 4.69) is 0 Å². The Labute approximate surface area is 73.8 Å². The predicted molar refractivity (Wildman–Crippen MR) is 43.6 cm³/mol. The molecule has 1 aromatic rings.